The van der Waals surface area contributed by atoms with Crippen LogP contribution in [0.1, 0.15) is 17.3 Å². The second-order valence-electron chi connectivity index (χ2n) is 5.85. The van der Waals surface area contributed by atoms with Crippen molar-refractivity contribution in [1.82, 2.24) is 4.98 Å². The van der Waals surface area contributed by atoms with Crippen LogP contribution in [0, 0.1) is 0 Å². The molecular weight excluding hydrogens is 348 g/mol. The molecule has 0 saturated heterocycles. The number of hydrogen-bond donors (Lipinski definition) is 2. The maximum atomic E-state index is 12.4. The average molecular weight is 368 g/mol. The lowest BCUT2D eigenvalue weighted by atomic mass is 10.2. The average Bonchev–Trinajstić information content (AvgIpc) is 3.12. The molecule has 0 bridgehead atoms. The number of fused-ring (bicyclic) bond motifs is 1. The van der Waals surface area contributed by atoms with Gasteiger partial charge in [-0.15, -0.1) is 0 Å². The molecule has 0 aliphatic carbocycles. The monoisotopic (exact) mass is 368 g/mol. The number of aromatic nitrogens is 1. The van der Waals surface area contributed by atoms with Crippen LogP contribution in [0.15, 0.2) is 48.7 Å². The molecule has 3 aromatic rings. The molecule has 1 amide bonds. The first-order valence-electron chi connectivity index (χ1n) is 8.33. The highest BCUT2D eigenvalue weighted by atomic mass is 16.5. The molecule has 140 valence electrons. The minimum absolute atomic E-state index is 0.386. The van der Waals surface area contributed by atoms with Crippen LogP contribution in [-0.2, 0) is 9.53 Å². The van der Waals surface area contributed by atoms with Crippen molar-refractivity contribution in [2.75, 3.05) is 19.5 Å². The van der Waals surface area contributed by atoms with Crippen LogP contribution in [0.5, 0.6) is 11.5 Å². The van der Waals surface area contributed by atoms with Gasteiger partial charge in [-0.05, 0) is 25.1 Å². The second-order valence-corrected chi connectivity index (χ2v) is 5.85. The number of ether oxygens (including phenoxy) is 3. The number of amides is 1. The van der Waals surface area contributed by atoms with E-state index in [1.807, 2.05) is 24.3 Å². The third kappa shape index (κ3) is 3.87. The van der Waals surface area contributed by atoms with Crippen LogP contribution in [0.4, 0.5) is 5.69 Å². The van der Waals surface area contributed by atoms with E-state index in [4.69, 9.17) is 14.2 Å². The van der Waals surface area contributed by atoms with E-state index in [9.17, 15) is 9.59 Å². The number of rotatable bonds is 6. The Hall–Kier alpha value is -3.48. The zero-order valence-electron chi connectivity index (χ0n) is 15.2. The van der Waals surface area contributed by atoms with Gasteiger partial charge in [0, 0.05) is 28.9 Å². The van der Waals surface area contributed by atoms with E-state index in [1.165, 1.54) is 21.1 Å². The van der Waals surface area contributed by atoms with Crippen LogP contribution in [-0.4, -0.2) is 37.2 Å². The number of anilines is 1. The summed E-state index contributed by atoms with van der Waals surface area (Å²) in [7, 11) is 3.04. The highest BCUT2D eigenvalue weighted by Gasteiger charge is 2.21. The van der Waals surface area contributed by atoms with Crippen LogP contribution in [0.2, 0.25) is 0 Å². The summed E-state index contributed by atoms with van der Waals surface area (Å²) in [6, 6.07) is 12.4. The molecule has 1 atom stereocenters. The van der Waals surface area contributed by atoms with Crippen molar-refractivity contribution < 1.29 is 23.8 Å². The Morgan fingerprint density at radius 2 is 1.78 bits per heavy atom. The van der Waals surface area contributed by atoms with Gasteiger partial charge in [0.1, 0.15) is 0 Å². The van der Waals surface area contributed by atoms with Gasteiger partial charge in [-0.1, -0.05) is 18.2 Å². The van der Waals surface area contributed by atoms with E-state index in [0.717, 1.165) is 10.9 Å². The number of esters is 1. The summed E-state index contributed by atoms with van der Waals surface area (Å²) in [5.41, 5.74) is 1.72. The van der Waals surface area contributed by atoms with Crippen LogP contribution < -0.4 is 14.8 Å². The summed E-state index contributed by atoms with van der Waals surface area (Å²) in [4.78, 5) is 27.8. The lowest BCUT2D eigenvalue weighted by molar-refractivity contribution is -0.123. The molecular formula is C20H20N2O5. The number of carbonyl (C=O) groups excluding carboxylic acids is 2. The van der Waals surface area contributed by atoms with Crippen molar-refractivity contribution >= 4 is 28.5 Å². The second kappa shape index (κ2) is 7.82. The molecule has 2 aromatic carbocycles. The van der Waals surface area contributed by atoms with Gasteiger partial charge in [0.25, 0.3) is 5.91 Å². The van der Waals surface area contributed by atoms with Gasteiger partial charge in [-0.3, -0.25) is 4.79 Å². The molecule has 7 heteroatoms. The van der Waals surface area contributed by atoms with Gasteiger partial charge in [0.15, 0.2) is 17.6 Å². The quantitative estimate of drug-likeness (QED) is 0.651. The van der Waals surface area contributed by atoms with Crippen LogP contribution >= 0.6 is 0 Å². The Kier molecular flexibility index (Phi) is 5.30. The van der Waals surface area contributed by atoms with E-state index in [0.29, 0.717) is 22.7 Å². The van der Waals surface area contributed by atoms with Crippen molar-refractivity contribution in [3.05, 3.63) is 54.2 Å². The summed E-state index contributed by atoms with van der Waals surface area (Å²) in [6.07, 6.45) is 0.602. The molecule has 3 rings (SSSR count). The number of hydrogen-bond acceptors (Lipinski definition) is 5. The highest BCUT2D eigenvalue weighted by molar-refractivity contribution is 6.05. The predicted octanol–water partition coefficient (Wildman–Crippen LogP) is 3.37. The van der Waals surface area contributed by atoms with E-state index >= 15 is 0 Å². The molecule has 0 saturated carbocycles. The molecule has 0 spiro atoms. The largest absolute Gasteiger partial charge is 0.493 e. The smallest absolute Gasteiger partial charge is 0.341 e. The molecule has 1 heterocycles. The van der Waals surface area contributed by atoms with Gasteiger partial charge >= 0.3 is 5.97 Å². The topological polar surface area (TPSA) is 89.6 Å². The molecule has 0 unspecified atom stereocenters. The molecule has 0 aliphatic heterocycles. The van der Waals surface area contributed by atoms with E-state index in [-0.39, 0.29) is 0 Å². The van der Waals surface area contributed by atoms with Crippen molar-refractivity contribution in [3.8, 4) is 11.5 Å². The first-order chi connectivity index (χ1) is 13.0. The summed E-state index contributed by atoms with van der Waals surface area (Å²) >= 11 is 0. The normalized spacial score (nSPS) is 11.7. The van der Waals surface area contributed by atoms with Gasteiger partial charge in [0.2, 0.25) is 0 Å². The molecule has 27 heavy (non-hydrogen) atoms. The zero-order valence-corrected chi connectivity index (χ0v) is 15.2. The van der Waals surface area contributed by atoms with Gasteiger partial charge in [-0.2, -0.15) is 0 Å². The number of carbonyl (C=O) groups is 2. The van der Waals surface area contributed by atoms with Gasteiger partial charge in [-0.25, -0.2) is 4.79 Å². The third-order valence-corrected chi connectivity index (χ3v) is 4.11. The number of H-pyrrole nitrogens is 1. The Morgan fingerprint density at radius 1 is 1.04 bits per heavy atom. The van der Waals surface area contributed by atoms with Crippen molar-refractivity contribution in [2.24, 2.45) is 0 Å². The molecule has 0 fully saturated rings. The fourth-order valence-corrected chi connectivity index (χ4v) is 2.68. The van der Waals surface area contributed by atoms with Gasteiger partial charge in [0.05, 0.1) is 19.8 Å². The van der Waals surface area contributed by atoms with E-state index < -0.39 is 18.0 Å². The maximum absolute atomic E-state index is 12.4. The first kappa shape index (κ1) is 18.3. The van der Waals surface area contributed by atoms with E-state index in [2.05, 4.69) is 10.3 Å². The third-order valence-electron chi connectivity index (χ3n) is 4.11. The summed E-state index contributed by atoms with van der Waals surface area (Å²) in [6.45, 7) is 1.52. The number of nitrogens with one attached hydrogen (secondary N) is 2. The van der Waals surface area contributed by atoms with Gasteiger partial charge < -0.3 is 24.5 Å². The fourth-order valence-electron chi connectivity index (χ4n) is 2.68. The first-order valence-corrected chi connectivity index (χ1v) is 8.33. The summed E-state index contributed by atoms with van der Waals surface area (Å²) in [5, 5.41) is 3.44. The molecule has 7 nitrogen and oxygen atoms in total. The Bertz CT molecular complexity index is 979. The van der Waals surface area contributed by atoms with Crippen LogP contribution in [0.3, 0.4) is 0 Å². The maximum Gasteiger partial charge on any atom is 0.341 e. The lowest BCUT2D eigenvalue weighted by Crippen LogP contribution is -2.30. The fraction of sp³-hybridized carbons (Fsp3) is 0.200. The number of benzene rings is 2. The molecule has 1 aromatic heterocycles. The highest BCUT2D eigenvalue weighted by Crippen LogP contribution is 2.29. The Balaban J connectivity index is 1.68. The zero-order chi connectivity index (χ0) is 19.4. The van der Waals surface area contributed by atoms with Crippen molar-refractivity contribution in [2.45, 2.75) is 13.0 Å². The summed E-state index contributed by atoms with van der Waals surface area (Å²) < 4.78 is 15.7. The minimum atomic E-state index is -0.973. The molecule has 2 N–H and O–H groups in total. The number of para-hydroxylation sites is 1. The number of methoxy groups -OCH3 is 2. The van der Waals surface area contributed by atoms with E-state index in [1.54, 1.807) is 24.4 Å². The lowest BCUT2D eigenvalue weighted by Gasteiger charge is -2.14. The SMILES string of the molecule is COc1ccc(NC(=O)[C@@H](C)OC(=O)c2c[nH]c3ccccc23)cc1OC. The summed E-state index contributed by atoms with van der Waals surface area (Å²) in [5.74, 6) is 0.0193. The minimum Gasteiger partial charge on any atom is -0.493 e. The standard InChI is InChI=1S/C20H20N2O5/c1-12(19(23)22-13-8-9-17(25-2)18(10-13)26-3)27-20(24)15-11-21-16-7-5-4-6-14(15)16/h4-12,21H,1-3H3,(H,22,23)/t12-/m1/s1. The van der Waals surface area contributed by atoms with Crippen molar-refractivity contribution in [3.63, 3.8) is 0 Å². The van der Waals surface area contributed by atoms with Crippen LogP contribution in [0.25, 0.3) is 10.9 Å². The molecule has 0 radical (unpaired) electrons. The number of aromatic amines is 1. The Morgan fingerprint density at radius 3 is 2.52 bits per heavy atom. The van der Waals surface area contributed by atoms with Crippen molar-refractivity contribution in [1.29, 1.82) is 0 Å². The Labute approximate surface area is 156 Å². The molecule has 0 aliphatic rings. The predicted molar refractivity (Wildman–Crippen MR) is 101 cm³/mol.